The van der Waals surface area contributed by atoms with Gasteiger partial charge in [0.2, 0.25) is 5.91 Å². The number of carbonyl (C=O) groups excluding carboxylic acids is 3. The number of hydrogen-bond acceptors (Lipinski definition) is 6. The second-order valence-electron chi connectivity index (χ2n) is 9.03. The predicted molar refractivity (Wildman–Crippen MR) is 132 cm³/mol. The molecular weight excluding hydrogens is 448 g/mol. The number of aromatic nitrogens is 1. The van der Waals surface area contributed by atoms with Crippen LogP contribution in [0.15, 0.2) is 42.5 Å². The Hall–Kier alpha value is -3.10. The summed E-state index contributed by atoms with van der Waals surface area (Å²) < 4.78 is 1.20. The third-order valence-corrected chi connectivity index (χ3v) is 7.99. The Morgan fingerprint density at radius 3 is 2.53 bits per heavy atom. The average Bonchev–Trinajstić information content (AvgIpc) is 3.38. The largest absolute Gasteiger partial charge is 0.340 e. The normalized spacial score (nSPS) is 17.5. The first-order chi connectivity index (χ1) is 16.4. The SMILES string of the molecule is Cc1ccc2c(c1)C(=O)N(CCCC(=O)N1CCN(C(C)c3nc4ccccc4s3)CC1)C2=O. The lowest BCUT2D eigenvalue weighted by molar-refractivity contribution is -0.133. The molecular formula is C26H28N4O3S. The molecule has 3 aromatic rings. The molecule has 8 heteroatoms. The smallest absolute Gasteiger partial charge is 0.261 e. The van der Waals surface area contributed by atoms with Gasteiger partial charge >= 0.3 is 0 Å². The van der Waals surface area contributed by atoms with Crippen LogP contribution in [-0.2, 0) is 4.79 Å². The van der Waals surface area contributed by atoms with Crippen LogP contribution in [0.5, 0.6) is 0 Å². The summed E-state index contributed by atoms with van der Waals surface area (Å²) in [6.45, 7) is 7.32. The molecule has 5 rings (SSSR count). The number of hydrogen-bond donors (Lipinski definition) is 0. The number of benzene rings is 2. The van der Waals surface area contributed by atoms with Crippen LogP contribution in [0, 0.1) is 6.92 Å². The molecule has 7 nitrogen and oxygen atoms in total. The number of piperazine rings is 1. The van der Waals surface area contributed by atoms with Gasteiger partial charge in [-0.3, -0.25) is 24.2 Å². The summed E-state index contributed by atoms with van der Waals surface area (Å²) in [5.74, 6) is -0.432. The zero-order chi connectivity index (χ0) is 23.8. The molecule has 176 valence electrons. The first kappa shape index (κ1) is 22.7. The molecule has 0 aliphatic carbocycles. The van der Waals surface area contributed by atoms with E-state index in [0.717, 1.165) is 29.2 Å². The number of amides is 3. The van der Waals surface area contributed by atoms with E-state index in [2.05, 4.69) is 17.9 Å². The fourth-order valence-corrected chi connectivity index (χ4v) is 5.79. The quantitative estimate of drug-likeness (QED) is 0.505. The van der Waals surface area contributed by atoms with E-state index in [4.69, 9.17) is 4.98 Å². The molecule has 0 N–H and O–H groups in total. The van der Waals surface area contributed by atoms with Crippen LogP contribution >= 0.6 is 11.3 Å². The van der Waals surface area contributed by atoms with Crippen LogP contribution in [0.25, 0.3) is 10.2 Å². The van der Waals surface area contributed by atoms with Crippen LogP contribution in [0.1, 0.15) is 57.1 Å². The minimum Gasteiger partial charge on any atom is -0.340 e. The van der Waals surface area contributed by atoms with Gasteiger partial charge in [-0.25, -0.2) is 4.98 Å². The summed E-state index contributed by atoms with van der Waals surface area (Å²) >= 11 is 1.73. The Bertz CT molecular complexity index is 1230. The van der Waals surface area contributed by atoms with E-state index in [0.29, 0.717) is 37.1 Å². The van der Waals surface area contributed by atoms with E-state index in [-0.39, 0.29) is 30.3 Å². The van der Waals surface area contributed by atoms with Crippen molar-refractivity contribution in [2.24, 2.45) is 0 Å². The molecule has 1 saturated heterocycles. The molecule has 0 radical (unpaired) electrons. The van der Waals surface area contributed by atoms with Crippen molar-refractivity contribution in [1.82, 2.24) is 19.7 Å². The molecule has 3 heterocycles. The third-order valence-electron chi connectivity index (χ3n) is 6.78. The van der Waals surface area contributed by atoms with E-state index >= 15 is 0 Å². The summed E-state index contributed by atoms with van der Waals surface area (Å²) in [7, 11) is 0. The summed E-state index contributed by atoms with van der Waals surface area (Å²) in [4.78, 5) is 48.3. The third kappa shape index (κ3) is 4.23. The number of imide groups is 1. The highest BCUT2D eigenvalue weighted by Crippen LogP contribution is 2.30. The van der Waals surface area contributed by atoms with Crippen molar-refractivity contribution in [3.05, 3.63) is 64.2 Å². The molecule has 1 aromatic heterocycles. The van der Waals surface area contributed by atoms with Crippen molar-refractivity contribution >= 4 is 39.3 Å². The highest BCUT2D eigenvalue weighted by Gasteiger charge is 2.35. The summed E-state index contributed by atoms with van der Waals surface area (Å²) in [6, 6.07) is 13.7. The topological polar surface area (TPSA) is 73.8 Å². The van der Waals surface area contributed by atoms with Gasteiger partial charge in [0.15, 0.2) is 0 Å². The second kappa shape index (κ2) is 9.27. The Balaban J connectivity index is 1.10. The van der Waals surface area contributed by atoms with Crippen LogP contribution in [0.3, 0.4) is 0 Å². The zero-order valence-corrected chi connectivity index (χ0v) is 20.3. The molecule has 34 heavy (non-hydrogen) atoms. The average molecular weight is 477 g/mol. The van der Waals surface area contributed by atoms with Gasteiger partial charge in [-0.2, -0.15) is 0 Å². The van der Waals surface area contributed by atoms with Gasteiger partial charge < -0.3 is 4.90 Å². The monoisotopic (exact) mass is 476 g/mol. The van der Waals surface area contributed by atoms with Crippen LogP contribution < -0.4 is 0 Å². The number of thiazole rings is 1. The Morgan fingerprint density at radius 2 is 1.76 bits per heavy atom. The number of nitrogens with zero attached hydrogens (tertiary/aromatic N) is 4. The molecule has 3 amide bonds. The lowest BCUT2D eigenvalue weighted by atomic mass is 10.1. The maximum Gasteiger partial charge on any atom is 0.261 e. The van der Waals surface area contributed by atoms with Crippen molar-refractivity contribution in [2.45, 2.75) is 32.7 Å². The standard InChI is InChI=1S/C26H28N4O3S/c1-17-9-10-19-20(16-17)26(33)30(25(19)32)11-5-8-23(31)29-14-12-28(13-15-29)18(2)24-27-21-6-3-4-7-22(21)34-24/h3-4,6-7,9-10,16,18H,5,8,11-15H2,1-2H3. The van der Waals surface area contributed by atoms with Gasteiger partial charge in [-0.1, -0.05) is 23.8 Å². The predicted octanol–water partition coefficient (Wildman–Crippen LogP) is 3.89. The second-order valence-corrected chi connectivity index (χ2v) is 10.1. The molecule has 1 atom stereocenters. The van der Waals surface area contributed by atoms with Crippen molar-refractivity contribution in [2.75, 3.05) is 32.7 Å². The number of rotatable bonds is 6. The van der Waals surface area contributed by atoms with Crippen molar-refractivity contribution in [1.29, 1.82) is 0 Å². The van der Waals surface area contributed by atoms with E-state index in [1.165, 1.54) is 9.60 Å². The fourth-order valence-electron chi connectivity index (χ4n) is 4.74. The van der Waals surface area contributed by atoms with Crippen LogP contribution in [0.2, 0.25) is 0 Å². The van der Waals surface area contributed by atoms with Gasteiger partial charge in [0.1, 0.15) is 5.01 Å². The van der Waals surface area contributed by atoms with E-state index in [9.17, 15) is 14.4 Å². The number of para-hydroxylation sites is 1. The molecule has 1 fully saturated rings. The van der Waals surface area contributed by atoms with Gasteiger partial charge in [0, 0.05) is 39.1 Å². The molecule has 2 aromatic carbocycles. The lowest BCUT2D eigenvalue weighted by Crippen LogP contribution is -2.49. The zero-order valence-electron chi connectivity index (χ0n) is 19.5. The van der Waals surface area contributed by atoms with Crippen molar-refractivity contribution < 1.29 is 14.4 Å². The van der Waals surface area contributed by atoms with E-state index in [1.54, 1.807) is 23.5 Å². The van der Waals surface area contributed by atoms with Gasteiger partial charge in [-0.15, -0.1) is 11.3 Å². The molecule has 2 aliphatic rings. The van der Waals surface area contributed by atoms with Crippen molar-refractivity contribution in [3.63, 3.8) is 0 Å². The van der Waals surface area contributed by atoms with Gasteiger partial charge in [0.25, 0.3) is 11.8 Å². The Kier molecular flexibility index (Phi) is 6.18. The van der Waals surface area contributed by atoms with Crippen LogP contribution in [-0.4, -0.2) is 70.1 Å². The van der Waals surface area contributed by atoms with E-state index in [1.807, 2.05) is 36.1 Å². The number of aryl methyl sites for hydroxylation is 1. The Morgan fingerprint density at radius 1 is 1.03 bits per heavy atom. The first-order valence-corrected chi connectivity index (χ1v) is 12.6. The minimum atomic E-state index is -0.259. The number of fused-ring (bicyclic) bond motifs is 2. The van der Waals surface area contributed by atoms with Gasteiger partial charge in [-0.05, 0) is 44.5 Å². The molecule has 0 bridgehead atoms. The lowest BCUT2D eigenvalue weighted by Gasteiger charge is -2.37. The molecule has 0 saturated carbocycles. The number of carbonyl (C=O) groups is 3. The molecule has 2 aliphatic heterocycles. The fraction of sp³-hybridized carbons (Fsp3) is 0.385. The minimum absolute atomic E-state index is 0.0831. The summed E-state index contributed by atoms with van der Waals surface area (Å²) in [5.41, 5.74) is 2.92. The molecule has 0 spiro atoms. The van der Waals surface area contributed by atoms with Crippen LogP contribution in [0.4, 0.5) is 0 Å². The molecule has 1 unspecified atom stereocenters. The highest BCUT2D eigenvalue weighted by atomic mass is 32.1. The maximum absolute atomic E-state index is 12.8. The maximum atomic E-state index is 12.8. The van der Waals surface area contributed by atoms with Crippen molar-refractivity contribution in [3.8, 4) is 0 Å². The van der Waals surface area contributed by atoms with Gasteiger partial charge in [0.05, 0.1) is 27.4 Å². The summed E-state index contributed by atoms with van der Waals surface area (Å²) in [6.07, 6.45) is 0.811. The highest BCUT2D eigenvalue weighted by molar-refractivity contribution is 7.18. The van der Waals surface area contributed by atoms with E-state index < -0.39 is 0 Å². The summed E-state index contributed by atoms with van der Waals surface area (Å²) in [5, 5.41) is 1.11. The first-order valence-electron chi connectivity index (χ1n) is 11.8. The Labute approximate surface area is 203 Å².